The maximum absolute atomic E-state index is 14.7. The molecule has 4 aliphatic rings. The smallest absolute Gasteiger partial charge is 0.228 e. The second-order valence-electron chi connectivity index (χ2n) is 11.9. The molecule has 3 fully saturated rings. The van der Waals surface area contributed by atoms with Crippen molar-refractivity contribution in [1.29, 1.82) is 0 Å². The molecule has 5 heteroatoms. The van der Waals surface area contributed by atoms with E-state index in [4.69, 9.17) is 4.74 Å². The van der Waals surface area contributed by atoms with Crippen LogP contribution >= 0.6 is 15.9 Å². The molecular weight excluding hydrogens is 524 g/mol. The van der Waals surface area contributed by atoms with Gasteiger partial charge in [-0.3, -0.25) is 4.79 Å². The molecule has 1 saturated carbocycles. The molecule has 4 atom stereocenters. The van der Waals surface area contributed by atoms with Gasteiger partial charge in [0, 0.05) is 35.6 Å². The van der Waals surface area contributed by atoms with Gasteiger partial charge >= 0.3 is 0 Å². The van der Waals surface area contributed by atoms with Crippen molar-refractivity contribution in [3.63, 3.8) is 0 Å². The number of hydrogen-bond acceptors (Lipinski definition) is 3. The van der Waals surface area contributed by atoms with Crippen molar-refractivity contribution in [2.75, 3.05) is 26.7 Å². The summed E-state index contributed by atoms with van der Waals surface area (Å²) in [6, 6.07) is 15.6. The molecule has 0 aromatic heterocycles. The number of rotatable bonds is 4. The summed E-state index contributed by atoms with van der Waals surface area (Å²) in [7, 11) is 1.77. The number of nitrogens with zero attached hydrogens (tertiary/aromatic N) is 1. The van der Waals surface area contributed by atoms with Crippen LogP contribution in [0.5, 0.6) is 5.75 Å². The van der Waals surface area contributed by atoms with Crippen molar-refractivity contribution in [3.05, 3.63) is 63.6 Å². The van der Waals surface area contributed by atoms with Crippen molar-refractivity contribution in [3.8, 4) is 5.75 Å². The van der Waals surface area contributed by atoms with Crippen LogP contribution in [0.15, 0.2) is 46.9 Å². The third-order valence-electron chi connectivity index (χ3n) is 10.1. The van der Waals surface area contributed by atoms with Gasteiger partial charge in [-0.05, 0) is 85.6 Å². The van der Waals surface area contributed by atoms with Crippen LogP contribution in [0, 0.1) is 11.8 Å². The number of likely N-dealkylation sites (tertiary alicyclic amines) is 1. The van der Waals surface area contributed by atoms with Gasteiger partial charge in [-0.15, -0.1) is 0 Å². The highest BCUT2D eigenvalue weighted by molar-refractivity contribution is 9.10. The molecule has 2 saturated heterocycles. The lowest BCUT2D eigenvalue weighted by Crippen LogP contribution is -2.55. The van der Waals surface area contributed by atoms with Gasteiger partial charge in [0.05, 0.1) is 13.0 Å². The topological polar surface area (TPSA) is 41.6 Å². The minimum absolute atomic E-state index is 0.0191. The Kier molecular flexibility index (Phi) is 7.37. The van der Waals surface area contributed by atoms with Gasteiger partial charge in [0.25, 0.3) is 0 Å². The number of methoxy groups -OCH3 is 1. The normalized spacial score (nSPS) is 30.3. The van der Waals surface area contributed by atoms with Crippen molar-refractivity contribution in [1.82, 2.24) is 10.2 Å². The highest BCUT2D eigenvalue weighted by atomic mass is 79.9. The molecule has 1 amide bonds. The van der Waals surface area contributed by atoms with Gasteiger partial charge < -0.3 is 15.0 Å². The van der Waals surface area contributed by atoms with Crippen molar-refractivity contribution in [2.24, 2.45) is 11.8 Å². The maximum atomic E-state index is 14.7. The summed E-state index contributed by atoms with van der Waals surface area (Å²) in [6.45, 7) is 2.53. The van der Waals surface area contributed by atoms with E-state index in [9.17, 15) is 4.79 Å². The van der Waals surface area contributed by atoms with E-state index < -0.39 is 0 Å². The molecule has 4 nitrogen and oxygen atoms in total. The summed E-state index contributed by atoms with van der Waals surface area (Å²) in [5.74, 6) is 2.55. The van der Waals surface area contributed by atoms with Crippen LogP contribution in [0.2, 0.25) is 0 Å². The first-order chi connectivity index (χ1) is 18.1. The monoisotopic (exact) mass is 564 g/mol. The average molecular weight is 566 g/mol. The number of ether oxygens (including phenoxy) is 1. The Bertz CT molecular complexity index is 1120. The number of amides is 1. The molecule has 1 spiro atoms. The average Bonchev–Trinajstić information content (AvgIpc) is 3.37. The molecule has 2 aromatic rings. The summed E-state index contributed by atoms with van der Waals surface area (Å²) in [6.07, 6.45) is 11.9. The predicted molar refractivity (Wildman–Crippen MR) is 152 cm³/mol. The second kappa shape index (κ2) is 10.7. The molecule has 6 rings (SSSR count). The molecule has 2 heterocycles. The summed E-state index contributed by atoms with van der Waals surface area (Å²) < 4.78 is 6.93. The largest absolute Gasteiger partial charge is 0.496 e. The third kappa shape index (κ3) is 4.54. The van der Waals surface area contributed by atoms with Crippen LogP contribution < -0.4 is 10.1 Å². The Morgan fingerprint density at radius 1 is 1.05 bits per heavy atom. The Labute approximate surface area is 230 Å². The van der Waals surface area contributed by atoms with Crippen LogP contribution in [0.25, 0.3) is 0 Å². The Morgan fingerprint density at radius 2 is 1.86 bits per heavy atom. The van der Waals surface area contributed by atoms with Crippen LogP contribution in [0.1, 0.15) is 80.4 Å². The zero-order chi connectivity index (χ0) is 25.4. The number of nitrogens with one attached hydrogen (secondary N) is 1. The van der Waals surface area contributed by atoms with Crippen LogP contribution in [0.3, 0.4) is 0 Å². The number of hydrogen-bond donors (Lipinski definition) is 1. The summed E-state index contributed by atoms with van der Waals surface area (Å²) in [4.78, 5) is 17.1. The Hall–Kier alpha value is -1.85. The number of halogens is 1. The predicted octanol–water partition coefficient (Wildman–Crippen LogP) is 6.61. The first-order valence-electron chi connectivity index (χ1n) is 14.5. The van der Waals surface area contributed by atoms with Crippen molar-refractivity contribution in [2.45, 2.75) is 81.6 Å². The standard InChI is InChI=1S/C32H41BrN2O2/c1-37-29-15-14-27(33)30-25(29)13-8-17-32(30)21-34-20-26(32)31(36)35-18-16-24(22-9-4-2-5-10-22)19-28(35)23-11-6-3-7-12-23/h2,4-5,9-10,14-15,23-24,26,28,34H,3,6-8,11-13,16-21H2,1H3. The first kappa shape index (κ1) is 25.4. The highest BCUT2D eigenvalue weighted by Crippen LogP contribution is 2.51. The van der Waals surface area contributed by atoms with E-state index in [1.54, 1.807) is 7.11 Å². The zero-order valence-electron chi connectivity index (χ0n) is 22.2. The lowest BCUT2D eigenvalue weighted by molar-refractivity contribution is -0.143. The fourth-order valence-corrected chi connectivity index (χ4v) is 9.12. The number of piperidine rings is 1. The molecule has 0 bridgehead atoms. The van der Waals surface area contributed by atoms with Gasteiger partial charge in [0.1, 0.15) is 5.75 Å². The molecule has 2 aliphatic heterocycles. The van der Waals surface area contributed by atoms with E-state index in [0.717, 1.165) is 62.0 Å². The lowest BCUT2D eigenvalue weighted by Gasteiger charge is -2.48. The fraction of sp³-hybridized carbons (Fsp3) is 0.594. The van der Waals surface area contributed by atoms with E-state index in [2.05, 4.69) is 68.6 Å². The molecule has 1 N–H and O–H groups in total. The molecule has 4 unspecified atom stereocenters. The molecule has 37 heavy (non-hydrogen) atoms. The second-order valence-corrected chi connectivity index (χ2v) is 12.8. The maximum Gasteiger partial charge on any atom is 0.228 e. The van der Waals surface area contributed by atoms with E-state index >= 15 is 0 Å². The highest BCUT2D eigenvalue weighted by Gasteiger charge is 2.53. The number of fused-ring (bicyclic) bond motifs is 2. The molecule has 0 radical (unpaired) electrons. The van der Waals surface area contributed by atoms with Crippen LogP contribution in [0.4, 0.5) is 0 Å². The van der Waals surface area contributed by atoms with Gasteiger partial charge in [0.15, 0.2) is 0 Å². The Morgan fingerprint density at radius 3 is 2.65 bits per heavy atom. The lowest BCUT2D eigenvalue weighted by atomic mass is 9.63. The number of carbonyl (C=O) groups is 1. The number of benzene rings is 2. The third-order valence-corrected chi connectivity index (χ3v) is 10.8. The summed E-state index contributed by atoms with van der Waals surface area (Å²) in [5, 5.41) is 3.68. The van der Waals surface area contributed by atoms with Gasteiger partial charge in [-0.2, -0.15) is 0 Å². The van der Waals surface area contributed by atoms with Crippen molar-refractivity contribution >= 4 is 21.8 Å². The van der Waals surface area contributed by atoms with Gasteiger partial charge in [-0.25, -0.2) is 0 Å². The summed E-state index contributed by atoms with van der Waals surface area (Å²) >= 11 is 3.90. The zero-order valence-corrected chi connectivity index (χ0v) is 23.8. The minimum atomic E-state index is -0.161. The van der Waals surface area contributed by atoms with Crippen molar-refractivity contribution < 1.29 is 9.53 Å². The SMILES string of the molecule is COc1ccc(Br)c2c1CCCC21CNCC1C(=O)N1CCC(c2ccccc2)CC1C1CCCCC1. The summed E-state index contributed by atoms with van der Waals surface area (Å²) in [5.41, 5.74) is 3.92. The van der Waals surface area contributed by atoms with E-state index in [1.165, 1.54) is 48.8 Å². The molecule has 2 aromatic carbocycles. The first-order valence-corrected chi connectivity index (χ1v) is 15.3. The fourth-order valence-electron chi connectivity index (χ4n) is 8.36. The molecular formula is C32H41BrN2O2. The van der Waals surface area contributed by atoms with E-state index in [1.807, 2.05) is 0 Å². The van der Waals surface area contributed by atoms with Crippen LogP contribution in [-0.4, -0.2) is 43.6 Å². The molecule has 2 aliphatic carbocycles. The van der Waals surface area contributed by atoms with Crippen LogP contribution in [-0.2, 0) is 16.6 Å². The van der Waals surface area contributed by atoms with E-state index in [0.29, 0.717) is 23.8 Å². The van der Waals surface area contributed by atoms with Gasteiger partial charge in [0.2, 0.25) is 5.91 Å². The Balaban J connectivity index is 1.33. The van der Waals surface area contributed by atoms with E-state index in [-0.39, 0.29) is 11.3 Å². The van der Waals surface area contributed by atoms with Gasteiger partial charge in [-0.1, -0.05) is 65.5 Å². The minimum Gasteiger partial charge on any atom is -0.496 e. The quantitative estimate of drug-likeness (QED) is 0.454. The molecule has 198 valence electrons. The number of carbonyl (C=O) groups excluding carboxylic acids is 1.